The Morgan fingerprint density at radius 1 is 1.09 bits per heavy atom. The number of Topliss-reactive ketones (excluding diaryl/α,β-unsaturated/α-hetero) is 1. The molecule has 8 nitrogen and oxygen atoms in total. The number of nitrogens with zero attached hydrogens (tertiary/aromatic N) is 2. The Kier molecular flexibility index (Phi) is 8.17. The number of phenols is 1. The Bertz CT molecular complexity index is 1080. The number of ketones is 1. The van der Waals surface area contributed by atoms with Crippen molar-refractivity contribution in [3.63, 3.8) is 0 Å². The van der Waals surface area contributed by atoms with Crippen molar-refractivity contribution in [2.24, 2.45) is 0 Å². The van der Waals surface area contributed by atoms with E-state index in [1.54, 1.807) is 43.3 Å². The van der Waals surface area contributed by atoms with Gasteiger partial charge in [0.15, 0.2) is 11.5 Å². The summed E-state index contributed by atoms with van der Waals surface area (Å²) in [5.74, 6) is -0.953. The van der Waals surface area contributed by atoms with E-state index in [4.69, 9.17) is 9.47 Å². The number of aliphatic hydroxyl groups is 1. The highest BCUT2D eigenvalue weighted by atomic mass is 16.5. The second-order valence-electron chi connectivity index (χ2n) is 8.33. The molecule has 34 heavy (non-hydrogen) atoms. The molecular formula is C26H32N2O6. The van der Waals surface area contributed by atoms with E-state index in [2.05, 4.69) is 0 Å². The minimum atomic E-state index is -0.833. The molecule has 1 fully saturated rings. The first-order valence-electron chi connectivity index (χ1n) is 11.4. The number of hydrogen-bond acceptors (Lipinski definition) is 7. The molecule has 1 unspecified atom stereocenters. The smallest absolute Gasteiger partial charge is 0.295 e. The summed E-state index contributed by atoms with van der Waals surface area (Å²) in [5, 5.41) is 21.4. The van der Waals surface area contributed by atoms with E-state index in [0.29, 0.717) is 36.6 Å². The highest BCUT2D eigenvalue weighted by molar-refractivity contribution is 6.46. The van der Waals surface area contributed by atoms with Gasteiger partial charge in [0.1, 0.15) is 11.5 Å². The Morgan fingerprint density at radius 2 is 1.85 bits per heavy atom. The van der Waals surface area contributed by atoms with Crippen molar-refractivity contribution < 1.29 is 29.3 Å². The fourth-order valence-corrected chi connectivity index (χ4v) is 3.85. The molecule has 0 bridgehead atoms. The van der Waals surface area contributed by atoms with E-state index < -0.39 is 17.7 Å². The largest absolute Gasteiger partial charge is 0.507 e. The zero-order valence-electron chi connectivity index (χ0n) is 20.1. The Labute approximate surface area is 200 Å². The van der Waals surface area contributed by atoms with Crippen molar-refractivity contribution >= 4 is 17.4 Å². The van der Waals surface area contributed by atoms with Gasteiger partial charge in [0.2, 0.25) is 0 Å². The first-order chi connectivity index (χ1) is 16.3. The predicted molar refractivity (Wildman–Crippen MR) is 129 cm³/mol. The molecule has 0 radical (unpaired) electrons. The number of benzene rings is 2. The molecule has 1 amide bonds. The molecular weight excluding hydrogens is 436 g/mol. The maximum absolute atomic E-state index is 13.2. The van der Waals surface area contributed by atoms with Crippen LogP contribution in [-0.2, 0) is 9.59 Å². The number of ether oxygens (including phenoxy) is 2. The molecule has 0 aliphatic carbocycles. The molecule has 1 atom stereocenters. The second-order valence-corrected chi connectivity index (χ2v) is 8.33. The van der Waals surface area contributed by atoms with E-state index in [0.717, 1.165) is 6.42 Å². The Balaban J connectivity index is 2.14. The number of hydrogen-bond donors (Lipinski definition) is 2. The fraction of sp³-hybridized carbons (Fsp3) is 0.385. The molecule has 1 aliphatic heterocycles. The average Bonchev–Trinajstić information content (AvgIpc) is 3.07. The fourth-order valence-electron chi connectivity index (χ4n) is 3.85. The lowest BCUT2D eigenvalue weighted by Crippen LogP contribution is -2.35. The first-order valence-corrected chi connectivity index (χ1v) is 11.4. The number of carbonyl (C=O) groups is 2. The van der Waals surface area contributed by atoms with E-state index >= 15 is 0 Å². The number of carbonyl (C=O) groups excluding carboxylic acids is 2. The lowest BCUT2D eigenvalue weighted by atomic mass is 9.95. The number of rotatable bonds is 10. The maximum Gasteiger partial charge on any atom is 0.295 e. The van der Waals surface area contributed by atoms with Crippen LogP contribution in [0, 0.1) is 0 Å². The van der Waals surface area contributed by atoms with E-state index in [-0.39, 0.29) is 29.4 Å². The molecule has 0 spiro atoms. The Hall–Kier alpha value is -3.52. The van der Waals surface area contributed by atoms with Crippen molar-refractivity contribution in [3.05, 3.63) is 59.2 Å². The second kappa shape index (κ2) is 11.1. The highest BCUT2D eigenvalue weighted by Gasteiger charge is 2.46. The monoisotopic (exact) mass is 468 g/mol. The molecule has 182 valence electrons. The van der Waals surface area contributed by atoms with E-state index in [9.17, 15) is 19.8 Å². The normalized spacial score (nSPS) is 17.4. The topological polar surface area (TPSA) is 99.5 Å². The van der Waals surface area contributed by atoms with E-state index in [1.807, 2.05) is 25.9 Å². The van der Waals surface area contributed by atoms with Gasteiger partial charge in [0, 0.05) is 18.7 Å². The summed E-state index contributed by atoms with van der Waals surface area (Å²) in [6.07, 6.45) is 0.830. The van der Waals surface area contributed by atoms with E-state index in [1.165, 1.54) is 11.0 Å². The van der Waals surface area contributed by atoms with Crippen molar-refractivity contribution in [1.29, 1.82) is 0 Å². The number of likely N-dealkylation sites (N-methyl/N-ethyl adjacent to an activating group) is 1. The van der Waals surface area contributed by atoms with Crippen LogP contribution in [0.2, 0.25) is 0 Å². The summed E-state index contributed by atoms with van der Waals surface area (Å²) in [5.41, 5.74) is 0.928. The van der Waals surface area contributed by atoms with Gasteiger partial charge in [-0.1, -0.05) is 25.1 Å². The van der Waals surface area contributed by atoms with Gasteiger partial charge < -0.3 is 29.5 Å². The van der Waals surface area contributed by atoms with Crippen LogP contribution in [0.5, 0.6) is 17.2 Å². The zero-order valence-corrected chi connectivity index (χ0v) is 20.1. The van der Waals surface area contributed by atoms with Gasteiger partial charge in [-0.15, -0.1) is 0 Å². The number of phenolic OH excluding ortho intramolecular Hbond substituents is 1. The number of aromatic hydroxyl groups is 1. The quantitative estimate of drug-likeness (QED) is 0.312. The molecule has 1 aliphatic rings. The third-order valence-corrected chi connectivity index (χ3v) is 5.51. The molecule has 1 saturated heterocycles. The molecule has 8 heteroatoms. The van der Waals surface area contributed by atoms with Crippen molar-refractivity contribution in [3.8, 4) is 17.2 Å². The van der Waals surface area contributed by atoms with Crippen LogP contribution in [0.1, 0.15) is 37.4 Å². The molecule has 1 heterocycles. The van der Waals surface area contributed by atoms with Crippen molar-refractivity contribution in [1.82, 2.24) is 9.80 Å². The Morgan fingerprint density at radius 3 is 2.53 bits per heavy atom. The van der Waals surface area contributed by atoms with Crippen LogP contribution < -0.4 is 9.47 Å². The third-order valence-electron chi connectivity index (χ3n) is 5.51. The average molecular weight is 469 g/mol. The minimum Gasteiger partial charge on any atom is -0.507 e. The lowest BCUT2D eigenvalue weighted by Gasteiger charge is -2.27. The minimum absolute atomic E-state index is 0.00969. The summed E-state index contributed by atoms with van der Waals surface area (Å²) in [6, 6.07) is 10.7. The summed E-state index contributed by atoms with van der Waals surface area (Å²) in [6.45, 7) is 5.45. The van der Waals surface area contributed by atoms with Gasteiger partial charge in [-0.3, -0.25) is 9.59 Å². The summed E-state index contributed by atoms with van der Waals surface area (Å²) in [4.78, 5) is 29.6. The predicted octanol–water partition coefficient (Wildman–Crippen LogP) is 3.56. The van der Waals surface area contributed by atoms with Gasteiger partial charge in [0.25, 0.3) is 11.7 Å². The molecule has 0 aromatic heterocycles. The van der Waals surface area contributed by atoms with Crippen LogP contribution in [0.3, 0.4) is 0 Å². The van der Waals surface area contributed by atoms with Gasteiger partial charge in [-0.05, 0) is 57.3 Å². The third kappa shape index (κ3) is 5.34. The van der Waals surface area contributed by atoms with Crippen LogP contribution in [0.4, 0.5) is 0 Å². The van der Waals surface area contributed by atoms with Gasteiger partial charge >= 0.3 is 0 Å². The molecule has 2 aromatic rings. The van der Waals surface area contributed by atoms with Crippen molar-refractivity contribution in [2.45, 2.75) is 26.3 Å². The zero-order chi connectivity index (χ0) is 24.8. The number of amides is 1. The SMILES string of the molecule is CCCOc1cccc(/C(O)=C2/C(=O)C(=O)N(CCN(C)C)C2c2ccc(O)c(OCC)c2)c1. The number of likely N-dealkylation sites (tertiary alicyclic amines) is 1. The molecule has 2 aromatic carbocycles. The van der Waals surface area contributed by atoms with Crippen molar-refractivity contribution in [2.75, 3.05) is 40.4 Å². The summed E-state index contributed by atoms with van der Waals surface area (Å²) in [7, 11) is 3.75. The summed E-state index contributed by atoms with van der Waals surface area (Å²) < 4.78 is 11.2. The maximum atomic E-state index is 13.2. The molecule has 2 N–H and O–H groups in total. The van der Waals surface area contributed by atoms with Gasteiger partial charge in [-0.2, -0.15) is 0 Å². The van der Waals surface area contributed by atoms with Gasteiger partial charge in [0.05, 0.1) is 24.8 Å². The first kappa shape index (κ1) is 25.1. The van der Waals surface area contributed by atoms with Gasteiger partial charge in [-0.25, -0.2) is 0 Å². The number of aliphatic hydroxyl groups excluding tert-OH is 1. The lowest BCUT2D eigenvalue weighted by molar-refractivity contribution is -0.140. The van der Waals surface area contributed by atoms with Crippen LogP contribution in [-0.4, -0.2) is 72.1 Å². The van der Waals surface area contributed by atoms with Crippen LogP contribution in [0.25, 0.3) is 5.76 Å². The standard InChI is InChI=1S/C26H32N2O6/c1-5-14-34-19-9-7-8-18(15-19)24(30)22-23(17-10-11-20(29)21(16-17)33-6-2)28(13-12-27(3)4)26(32)25(22)31/h7-11,15-16,23,29-30H,5-6,12-14H2,1-4H3/b24-22-. The van der Waals surface area contributed by atoms with Crippen LogP contribution in [0.15, 0.2) is 48.0 Å². The molecule has 3 rings (SSSR count). The highest BCUT2D eigenvalue weighted by Crippen LogP contribution is 2.42. The molecule has 0 saturated carbocycles. The summed E-state index contributed by atoms with van der Waals surface area (Å²) >= 11 is 0. The van der Waals surface area contributed by atoms with Crippen LogP contribution >= 0.6 is 0 Å².